The van der Waals surface area contributed by atoms with Crippen molar-refractivity contribution in [1.29, 1.82) is 0 Å². The van der Waals surface area contributed by atoms with E-state index < -0.39 is 8.07 Å². The van der Waals surface area contributed by atoms with Crippen molar-refractivity contribution in [2.45, 2.75) is 50.5 Å². The van der Waals surface area contributed by atoms with Gasteiger partial charge in [0.25, 0.3) is 0 Å². The van der Waals surface area contributed by atoms with Gasteiger partial charge < -0.3 is 9.84 Å². The van der Waals surface area contributed by atoms with Crippen LogP contribution in [0.3, 0.4) is 0 Å². The highest BCUT2D eigenvalue weighted by atomic mass is 28.3. The Morgan fingerprint density at radius 2 is 2.15 bits per heavy atom. The summed E-state index contributed by atoms with van der Waals surface area (Å²) in [5.74, 6) is 0. The maximum atomic E-state index is 8.81. The third-order valence-corrected chi connectivity index (χ3v) is 6.87. The van der Waals surface area contributed by atoms with Crippen LogP contribution in [0, 0.1) is 0 Å². The second-order valence-corrected chi connectivity index (χ2v) is 9.79. The van der Waals surface area contributed by atoms with Crippen LogP contribution in [0.5, 0.6) is 0 Å². The van der Waals surface area contributed by atoms with Crippen LogP contribution in [0.2, 0.25) is 19.1 Å². The van der Waals surface area contributed by atoms with E-state index in [0.29, 0.717) is 12.3 Å². The summed E-state index contributed by atoms with van der Waals surface area (Å²) in [6.45, 7) is 6.07. The van der Waals surface area contributed by atoms with Gasteiger partial charge in [-0.25, -0.2) is 0 Å². The maximum Gasteiger partial charge on any atom is 0.0816 e. The zero-order valence-corrected chi connectivity index (χ0v) is 9.88. The van der Waals surface area contributed by atoms with Gasteiger partial charge in [0.05, 0.1) is 8.07 Å². The molecule has 2 nitrogen and oxygen atoms in total. The summed E-state index contributed by atoms with van der Waals surface area (Å²) in [7, 11) is -1.21. The monoisotopic (exact) mass is 202 g/mol. The molecule has 0 amide bonds. The molecule has 78 valence electrons. The SMILES string of the molecule is C[Si](C)(CCCO)C1CCCCO1. The van der Waals surface area contributed by atoms with E-state index in [9.17, 15) is 0 Å². The number of hydrogen-bond donors (Lipinski definition) is 1. The predicted molar refractivity (Wildman–Crippen MR) is 57.6 cm³/mol. The molecule has 1 saturated heterocycles. The standard InChI is InChI=1S/C10H22O2Si/c1-13(2,9-5-7-11)10-6-3-4-8-12-10/h10-11H,3-9H2,1-2H3. The van der Waals surface area contributed by atoms with E-state index in [1.807, 2.05) is 0 Å². The minimum Gasteiger partial charge on any atom is -0.396 e. The van der Waals surface area contributed by atoms with Crippen molar-refractivity contribution in [2.75, 3.05) is 13.2 Å². The van der Waals surface area contributed by atoms with E-state index in [1.165, 1.54) is 25.3 Å². The average Bonchev–Trinajstić information content (AvgIpc) is 2.16. The van der Waals surface area contributed by atoms with Crippen LogP contribution >= 0.6 is 0 Å². The van der Waals surface area contributed by atoms with E-state index in [2.05, 4.69) is 13.1 Å². The molecule has 0 aromatic rings. The molecule has 1 aliphatic heterocycles. The molecule has 1 rings (SSSR count). The molecule has 0 spiro atoms. The van der Waals surface area contributed by atoms with E-state index in [4.69, 9.17) is 9.84 Å². The largest absolute Gasteiger partial charge is 0.396 e. The maximum absolute atomic E-state index is 8.81. The first-order valence-electron chi connectivity index (χ1n) is 5.39. The van der Waals surface area contributed by atoms with Gasteiger partial charge in [0.1, 0.15) is 0 Å². The summed E-state index contributed by atoms with van der Waals surface area (Å²) in [5.41, 5.74) is 0.549. The minimum atomic E-state index is -1.21. The summed E-state index contributed by atoms with van der Waals surface area (Å²) < 4.78 is 5.82. The second kappa shape index (κ2) is 5.13. The third kappa shape index (κ3) is 3.41. The van der Waals surface area contributed by atoms with Gasteiger partial charge in [0.2, 0.25) is 0 Å². The Labute approximate surface area is 82.3 Å². The summed E-state index contributed by atoms with van der Waals surface area (Å²) in [4.78, 5) is 0. The molecular formula is C10H22O2Si. The molecule has 3 heteroatoms. The van der Waals surface area contributed by atoms with Gasteiger partial charge in [-0.3, -0.25) is 0 Å². The minimum absolute atomic E-state index is 0.336. The second-order valence-electron chi connectivity index (χ2n) is 4.67. The Morgan fingerprint density at radius 3 is 2.69 bits per heavy atom. The number of aliphatic hydroxyl groups is 1. The Morgan fingerprint density at radius 1 is 1.38 bits per heavy atom. The molecule has 1 heterocycles. The Balaban J connectivity index is 2.36. The normalized spacial score (nSPS) is 24.7. The first-order chi connectivity index (χ1) is 6.17. The Bertz CT molecular complexity index is 142. The number of rotatable bonds is 4. The number of ether oxygens (including phenoxy) is 1. The molecule has 0 aromatic heterocycles. The fraction of sp³-hybridized carbons (Fsp3) is 1.00. The van der Waals surface area contributed by atoms with Crippen molar-refractivity contribution in [2.24, 2.45) is 0 Å². The molecule has 0 saturated carbocycles. The van der Waals surface area contributed by atoms with E-state index in [1.54, 1.807) is 0 Å². The molecular weight excluding hydrogens is 180 g/mol. The van der Waals surface area contributed by atoms with Crippen molar-refractivity contribution in [3.05, 3.63) is 0 Å². The van der Waals surface area contributed by atoms with Gasteiger partial charge in [-0.2, -0.15) is 0 Å². The van der Waals surface area contributed by atoms with E-state index in [-0.39, 0.29) is 0 Å². The predicted octanol–water partition coefficient (Wildman–Crippen LogP) is 2.19. The van der Waals surface area contributed by atoms with Crippen molar-refractivity contribution in [1.82, 2.24) is 0 Å². The van der Waals surface area contributed by atoms with Gasteiger partial charge in [0, 0.05) is 18.9 Å². The summed E-state index contributed by atoms with van der Waals surface area (Å²) >= 11 is 0. The van der Waals surface area contributed by atoms with E-state index >= 15 is 0 Å². The smallest absolute Gasteiger partial charge is 0.0816 e. The first kappa shape index (κ1) is 11.2. The van der Waals surface area contributed by atoms with Crippen LogP contribution in [0.1, 0.15) is 25.7 Å². The third-order valence-electron chi connectivity index (χ3n) is 3.03. The summed E-state index contributed by atoms with van der Waals surface area (Å²) in [6, 6.07) is 1.20. The van der Waals surface area contributed by atoms with Gasteiger partial charge in [0.15, 0.2) is 0 Å². The molecule has 1 aliphatic rings. The molecule has 0 radical (unpaired) electrons. The van der Waals surface area contributed by atoms with Crippen LogP contribution in [-0.4, -0.2) is 32.1 Å². The Hall–Kier alpha value is 0.137. The molecule has 0 aliphatic carbocycles. The highest BCUT2D eigenvalue weighted by molar-refractivity contribution is 6.78. The van der Waals surface area contributed by atoms with Crippen molar-refractivity contribution in [3.8, 4) is 0 Å². The average molecular weight is 202 g/mol. The highest BCUT2D eigenvalue weighted by Gasteiger charge is 2.32. The molecule has 1 unspecified atom stereocenters. The molecule has 1 atom stereocenters. The molecule has 0 aromatic carbocycles. The fourth-order valence-corrected chi connectivity index (χ4v) is 5.00. The number of aliphatic hydroxyl groups excluding tert-OH is 1. The van der Waals surface area contributed by atoms with Crippen LogP contribution in [0.15, 0.2) is 0 Å². The summed E-state index contributed by atoms with van der Waals surface area (Å²) in [5, 5.41) is 8.81. The molecule has 13 heavy (non-hydrogen) atoms. The zero-order valence-electron chi connectivity index (χ0n) is 8.88. The Kier molecular flexibility index (Phi) is 4.42. The van der Waals surface area contributed by atoms with Gasteiger partial charge in [-0.05, 0) is 25.7 Å². The molecule has 1 N–H and O–H groups in total. The van der Waals surface area contributed by atoms with Gasteiger partial charge >= 0.3 is 0 Å². The lowest BCUT2D eigenvalue weighted by Gasteiger charge is -2.35. The zero-order chi connectivity index (χ0) is 9.73. The lowest BCUT2D eigenvalue weighted by Crippen LogP contribution is -2.45. The summed E-state index contributed by atoms with van der Waals surface area (Å²) in [6.07, 6.45) is 4.78. The molecule has 0 bridgehead atoms. The first-order valence-corrected chi connectivity index (χ1v) is 8.68. The van der Waals surface area contributed by atoms with Crippen molar-refractivity contribution in [3.63, 3.8) is 0 Å². The van der Waals surface area contributed by atoms with Crippen molar-refractivity contribution >= 4 is 8.07 Å². The van der Waals surface area contributed by atoms with Gasteiger partial charge in [-0.1, -0.05) is 19.1 Å². The topological polar surface area (TPSA) is 29.5 Å². The van der Waals surface area contributed by atoms with Crippen LogP contribution < -0.4 is 0 Å². The van der Waals surface area contributed by atoms with Crippen LogP contribution in [0.25, 0.3) is 0 Å². The van der Waals surface area contributed by atoms with E-state index in [0.717, 1.165) is 13.0 Å². The lowest BCUT2D eigenvalue weighted by molar-refractivity contribution is 0.0596. The highest BCUT2D eigenvalue weighted by Crippen LogP contribution is 2.26. The lowest BCUT2D eigenvalue weighted by atomic mass is 10.2. The van der Waals surface area contributed by atoms with Crippen molar-refractivity contribution < 1.29 is 9.84 Å². The fourth-order valence-electron chi connectivity index (χ4n) is 2.05. The molecule has 1 fully saturated rings. The van der Waals surface area contributed by atoms with Crippen LogP contribution in [0.4, 0.5) is 0 Å². The number of hydrogen-bond acceptors (Lipinski definition) is 2. The quantitative estimate of drug-likeness (QED) is 0.708. The van der Waals surface area contributed by atoms with Crippen LogP contribution in [-0.2, 0) is 4.74 Å². The van der Waals surface area contributed by atoms with Gasteiger partial charge in [-0.15, -0.1) is 0 Å².